The lowest BCUT2D eigenvalue weighted by Gasteiger charge is -2.28. The molecular formula is C9H14F2O4. The number of hydrogen-bond acceptors (Lipinski definition) is 4. The zero-order valence-electron chi connectivity index (χ0n) is 8.83. The standard InChI is InChI=1S/C9H14F2O4/c1-8(2)14-5-4-13-9(11,6(5)15-8)7(10)12-3/h5-7H,4H2,1-3H3/t5-,6-,7?,9-/m1/s1. The fourth-order valence-corrected chi connectivity index (χ4v) is 1.94. The third kappa shape index (κ3) is 1.65. The van der Waals surface area contributed by atoms with Crippen LogP contribution in [0.5, 0.6) is 0 Å². The molecule has 2 aliphatic heterocycles. The van der Waals surface area contributed by atoms with E-state index in [1.54, 1.807) is 13.8 Å². The number of rotatable bonds is 2. The Kier molecular flexibility index (Phi) is 2.50. The molecule has 2 heterocycles. The zero-order chi connectivity index (χ0) is 11.3. The SMILES string of the molecule is COC(F)[C@]1(F)OC[C@H]2OC(C)(C)O[C@H]21. The van der Waals surface area contributed by atoms with Crippen molar-refractivity contribution in [3.05, 3.63) is 0 Å². The van der Waals surface area contributed by atoms with Gasteiger partial charge in [0.2, 0.25) is 0 Å². The average Bonchev–Trinajstić information content (AvgIpc) is 2.62. The van der Waals surface area contributed by atoms with Crippen molar-refractivity contribution in [1.82, 2.24) is 0 Å². The van der Waals surface area contributed by atoms with Crippen molar-refractivity contribution in [3.8, 4) is 0 Å². The first kappa shape index (κ1) is 11.2. The number of alkyl halides is 2. The predicted molar refractivity (Wildman–Crippen MR) is 45.5 cm³/mol. The van der Waals surface area contributed by atoms with Crippen molar-refractivity contribution in [1.29, 1.82) is 0 Å². The summed E-state index contributed by atoms with van der Waals surface area (Å²) in [7, 11) is 1.07. The van der Waals surface area contributed by atoms with Crippen LogP contribution in [-0.2, 0) is 18.9 Å². The molecule has 4 nitrogen and oxygen atoms in total. The van der Waals surface area contributed by atoms with Crippen LogP contribution in [0.4, 0.5) is 8.78 Å². The van der Waals surface area contributed by atoms with Crippen molar-refractivity contribution in [2.75, 3.05) is 13.7 Å². The van der Waals surface area contributed by atoms with Crippen molar-refractivity contribution in [2.24, 2.45) is 0 Å². The molecule has 0 amide bonds. The van der Waals surface area contributed by atoms with Gasteiger partial charge < -0.3 is 18.9 Å². The molecule has 88 valence electrons. The van der Waals surface area contributed by atoms with Gasteiger partial charge in [0.25, 0.3) is 12.2 Å². The molecule has 2 fully saturated rings. The van der Waals surface area contributed by atoms with E-state index in [1.807, 2.05) is 0 Å². The molecule has 2 saturated heterocycles. The highest BCUT2D eigenvalue weighted by Crippen LogP contribution is 2.44. The molecule has 0 aromatic heterocycles. The first-order valence-corrected chi connectivity index (χ1v) is 4.74. The van der Waals surface area contributed by atoms with E-state index in [0.717, 1.165) is 7.11 Å². The Hall–Kier alpha value is -0.300. The summed E-state index contributed by atoms with van der Waals surface area (Å²) in [6.45, 7) is 3.26. The number of hydrogen-bond donors (Lipinski definition) is 0. The van der Waals surface area contributed by atoms with Gasteiger partial charge >= 0.3 is 0 Å². The largest absolute Gasteiger partial charge is 0.347 e. The molecule has 4 atom stereocenters. The minimum Gasteiger partial charge on any atom is -0.347 e. The van der Waals surface area contributed by atoms with E-state index in [0.29, 0.717) is 0 Å². The maximum absolute atomic E-state index is 14.1. The molecule has 0 spiro atoms. The molecule has 0 aliphatic carbocycles. The number of halogens is 2. The minimum absolute atomic E-state index is 0.0334. The lowest BCUT2D eigenvalue weighted by Crippen LogP contribution is -2.47. The van der Waals surface area contributed by atoms with Crippen LogP contribution < -0.4 is 0 Å². The first-order valence-electron chi connectivity index (χ1n) is 4.74. The quantitative estimate of drug-likeness (QED) is 0.705. The van der Waals surface area contributed by atoms with E-state index in [-0.39, 0.29) is 6.61 Å². The summed E-state index contributed by atoms with van der Waals surface area (Å²) in [6, 6.07) is 0. The molecule has 0 N–H and O–H groups in total. The van der Waals surface area contributed by atoms with Crippen molar-refractivity contribution < 1.29 is 27.7 Å². The van der Waals surface area contributed by atoms with Gasteiger partial charge in [0, 0.05) is 7.11 Å². The molecule has 15 heavy (non-hydrogen) atoms. The average molecular weight is 224 g/mol. The molecule has 0 saturated carbocycles. The Morgan fingerprint density at radius 2 is 2.07 bits per heavy atom. The highest BCUT2D eigenvalue weighted by atomic mass is 19.2. The van der Waals surface area contributed by atoms with Crippen LogP contribution in [-0.4, -0.2) is 43.9 Å². The highest BCUT2D eigenvalue weighted by Gasteiger charge is 2.64. The Labute approximate surface area is 86.4 Å². The molecule has 0 radical (unpaired) electrons. The molecular weight excluding hydrogens is 210 g/mol. The van der Waals surface area contributed by atoms with Gasteiger partial charge in [-0.2, -0.15) is 0 Å². The molecule has 1 unspecified atom stereocenters. The second-order valence-corrected chi connectivity index (χ2v) is 4.16. The first-order chi connectivity index (χ1) is 6.89. The number of fused-ring (bicyclic) bond motifs is 1. The van der Waals surface area contributed by atoms with Crippen molar-refractivity contribution in [2.45, 2.75) is 44.1 Å². The summed E-state index contributed by atoms with van der Waals surface area (Å²) in [4.78, 5) is 0. The summed E-state index contributed by atoms with van der Waals surface area (Å²) < 4.78 is 47.0. The van der Waals surface area contributed by atoms with Gasteiger partial charge in [0.1, 0.15) is 6.10 Å². The van der Waals surface area contributed by atoms with E-state index in [2.05, 4.69) is 4.74 Å². The van der Waals surface area contributed by atoms with Gasteiger partial charge in [-0.3, -0.25) is 0 Å². The number of methoxy groups -OCH3 is 1. The molecule has 0 aromatic rings. The Morgan fingerprint density at radius 1 is 1.40 bits per heavy atom. The van der Waals surface area contributed by atoms with Crippen molar-refractivity contribution in [3.63, 3.8) is 0 Å². The molecule has 2 rings (SSSR count). The Morgan fingerprint density at radius 3 is 2.67 bits per heavy atom. The van der Waals surface area contributed by atoms with Gasteiger partial charge in [-0.05, 0) is 13.8 Å². The zero-order valence-corrected chi connectivity index (χ0v) is 8.83. The third-order valence-corrected chi connectivity index (χ3v) is 2.56. The Balaban J connectivity index is 2.17. The highest BCUT2D eigenvalue weighted by molar-refractivity contribution is 4.98. The summed E-state index contributed by atoms with van der Waals surface area (Å²) >= 11 is 0. The van der Waals surface area contributed by atoms with E-state index in [9.17, 15) is 8.78 Å². The summed E-state index contributed by atoms with van der Waals surface area (Å²) in [5, 5.41) is 0. The van der Waals surface area contributed by atoms with Crippen molar-refractivity contribution >= 4 is 0 Å². The fourth-order valence-electron chi connectivity index (χ4n) is 1.94. The summed E-state index contributed by atoms with van der Waals surface area (Å²) in [6.07, 6.45) is -3.84. The van der Waals surface area contributed by atoms with Gasteiger partial charge in [-0.1, -0.05) is 0 Å². The second kappa shape index (κ2) is 3.35. The normalized spacial score (nSPS) is 45.4. The van der Waals surface area contributed by atoms with Gasteiger partial charge in [0.05, 0.1) is 6.61 Å². The molecule has 0 bridgehead atoms. The smallest absolute Gasteiger partial charge is 0.294 e. The Bertz CT molecular complexity index is 260. The molecule has 0 aromatic carbocycles. The molecule has 6 heteroatoms. The molecule has 2 aliphatic rings. The van der Waals surface area contributed by atoms with E-state index >= 15 is 0 Å². The maximum atomic E-state index is 14.1. The maximum Gasteiger partial charge on any atom is 0.294 e. The van der Waals surface area contributed by atoms with Crippen LogP contribution in [0.1, 0.15) is 13.8 Å². The monoisotopic (exact) mass is 224 g/mol. The lowest BCUT2D eigenvalue weighted by molar-refractivity contribution is -0.288. The summed E-state index contributed by atoms with van der Waals surface area (Å²) in [5.74, 6) is -3.49. The fraction of sp³-hybridized carbons (Fsp3) is 1.00. The van der Waals surface area contributed by atoms with E-state index in [4.69, 9.17) is 14.2 Å². The van der Waals surface area contributed by atoms with E-state index in [1.165, 1.54) is 0 Å². The van der Waals surface area contributed by atoms with Gasteiger partial charge in [0.15, 0.2) is 11.9 Å². The van der Waals surface area contributed by atoms with Crippen LogP contribution in [0, 0.1) is 0 Å². The predicted octanol–water partition coefficient (Wildman–Crippen LogP) is 1.14. The van der Waals surface area contributed by atoms with E-state index < -0.39 is 30.2 Å². The van der Waals surface area contributed by atoms with Crippen LogP contribution in [0.2, 0.25) is 0 Å². The van der Waals surface area contributed by atoms with Gasteiger partial charge in [-0.25, -0.2) is 8.78 Å². The minimum atomic E-state index is -2.58. The third-order valence-electron chi connectivity index (χ3n) is 2.56. The second-order valence-electron chi connectivity index (χ2n) is 4.16. The summed E-state index contributed by atoms with van der Waals surface area (Å²) in [5.41, 5.74) is 0. The van der Waals surface area contributed by atoms with Crippen LogP contribution in [0.25, 0.3) is 0 Å². The van der Waals surface area contributed by atoms with Crippen LogP contribution in [0.15, 0.2) is 0 Å². The lowest BCUT2D eigenvalue weighted by atomic mass is 10.1. The van der Waals surface area contributed by atoms with Gasteiger partial charge in [-0.15, -0.1) is 0 Å². The number of ether oxygens (including phenoxy) is 4. The topological polar surface area (TPSA) is 36.9 Å². The van der Waals surface area contributed by atoms with Crippen LogP contribution >= 0.6 is 0 Å². The van der Waals surface area contributed by atoms with Crippen LogP contribution in [0.3, 0.4) is 0 Å².